The molecule has 0 rings (SSSR count). The second-order valence-corrected chi connectivity index (χ2v) is 2.14. The summed E-state index contributed by atoms with van der Waals surface area (Å²) < 4.78 is 4.58. The number of carboxylic acid groups (broad SMARTS) is 1. The Morgan fingerprint density at radius 2 is 1.83 bits per heavy atom. The summed E-state index contributed by atoms with van der Waals surface area (Å²) in [6, 6.07) is 0. The van der Waals surface area contributed by atoms with Crippen LogP contribution in [0.2, 0.25) is 0 Å². The molecule has 0 saturated carbocycles. The molecule has 0 N–H and O–H groups in total. The van der Waals surface area contributed by atoms with Crippen molar-refractivity contribution in [3.05, 3.63) is 12.2 Å². The zero-order chi connectivity index (χ0) is 8.85. The zero-order valence-electron chi connectivity index (χ0n) is 7.07. The van der Waals surface area contributed by atoms with Gasteiger partial charge in [0.25, 0.3) is 0 Å². The van der Waals surface area contributed by atoms with Gasteiger partial charge >= 0.3 is 5.97 Å². The number of aliphatic carboxylic acids is 1. The molecule has 64 valence electrons. The Morgan fingerprint density at radius 3 is 2.17 bits per heavy atom. The molecule has 0 aliphatic carbocycles. The van der Waals surface area contributed by atoms with Crippen LogP contribution in [0.15, 0.2) is 12.2 Å². The van der Waals surface area contributed by atoms with E-state index in [1.807, 2.05) is 0 Å². The van der Waals surface area contributed by atoms with Crippen molar-refractivity contribution in [2.75, 3.05) is 0 Å². The largest absolute Gasteiger partial charge is 0.545 e. The van der Waals surface area contributed by atoms with Gasteiger partial charge in [-0.1, -0.05) is 0 Å². The Hall–Kier alpha value is -0.697. The van der Waals surface area contributed by atoms with E-state index < -0.39 is 11.9 Å². The maximum Gasteiger partial charge on any atom is 0.331 e. The molecule has 0 aromatic carbocycles. The molecule has 0 fully saturated rings. The van der Waals surface area contributed by atoms with E-state index >= 15 is 0 Å². The van der Waals surface area contributed by atoms with E-state index in [1.54, 1.807) is 13.8 Å². The SMILES string of the molecule is CC(C)OC(=O)/C=C/C(=O)[O-].[Zn]. The van der Waals surface area contributed by atoms with E-state index in [9.17, 15) is 14.7 Å². The number of rotatable bonds is 3. The average Bonchev–Trinajstić information content (AvgIpc) is 1.82. The van der Waals surface area contributed by atoms with Gasteiger partial charge < -0.3 is 14.6 Å². The van der Waals surface area contributed by atoms with Crippen molar-refractivity contribution in [3.63, 3.8) is 0 Å². The summed E-state index contributed by atoms with van der Waals surface area (Å²) in [5.74, 6) is -2.09. The fourth-order valence-corrected chi connectivity index (χ4v) is 0.408. The summed E-state index contributed by atoms with van der Waals surface area (Å²) >= 11 is 0. The molecular formula is C7H9O4Zn-. The van der Waals surface area contributed by atoms with Crippen molar-refractivity contribution < 1.29 is 38.9 Å². The molecule has 12 heavy (non-hydrogen) atoms. The number of ether oxygens (including phenoxy) is 1. The maximum atomic E-state index is 10.6. The van der Waals surface area contributed by atoms with Crippen LogP contribution in [-0.4, -0.2) is 18.0 Å². The van der Waals surface area contributed by atoms with Gasteiger partial charge in [-0.2, -0.15) is 0 Å². The Kier molecular flexibility index (Phi) is 8.06. The second kappa shape index (κ2) is 6.98. The number of carboxylic acids is 1. The van der Waals surface area contributed by atoms with Crippen molar-refractivity contribution in [1.29, 1.82) is 0 Å². The number of carbonyl (C=O) groups excluding carboxylic acids is 2. The van der Waals surface area contributed by atoms with Gasteiger partial charge in [0.15, 0.2) is 0 Å². The van der Waals surface area contributed by atoms with E-state index in [-0.39, 0.29) is 25.6 Å². The Morgan fingerprint density at radius 1 is 1.33 bits per heavy atom. The van der Waals surface area contributed by atoms with Crippen LogP contribution in [0.3, 0.4) is 0 Å². The summed E-state index contributed by atoms with van der Waals surface area (Å²) in [7, 11) is 0. The second-order valence-electron chi connectivity index (χ2n) is 2.14. The molecule has 0 saturated heterocycles. The number of hydrogen-bond acceptors (Lipinski definition) is 4. The maximum absolute atomic E-state index is 10.6. The quantitative estimate of drug-likeness (QED) is 0.358. The van der Waals surface area contributed by atoms with Gasteiger partial charge in [-0.25, -0.2) is 4.79 Å². The Bertz CT molecular complexity index is 186. The van der Waals surface area contributed by atoms with Crippen LogP contribution in [0.25, 0.3) is 0 Å². The van der Waals surface area contributed by atoms with E-state index in [1.165, 1.54) is 0 Å². The van der Waals surface area contributed by atoms with Crippen molar-refractivity contribution in [1.82, 2.24) is 0 Å². The molecule has 0 atom stereocenters. The van der Waals surface area contributed by atoms with E-state index in [0.29, 0.717) is 6.08 Å². The van der Waals surface area contributed by atoms with E-state index in [2.05, 4.69) is 4.74 Å². The predicted octanol–water partition coefficient (Wildman–Crippen LogP) is -0.758. The molecule has 0 unspecified atom stereocenters. The van der Waals surface area contributed by atoms with Crippen LogP contribution < -0.4 is 5.11 Å². The van der Waals surface area contributed by atoms with Gasteiger partial charge in [0.1, 0.15) is 0 Å². The first-order chi connectivity index (χ1) is 5.02. The fraction of sp³-hybridized carbons (Fsp3) is 0.429. The molecule has 0 heterocycles. The first-order valence-electron chi connectivity index (χ1n) is 3.12. The van der Waals surface area contributed by atoms with Gasteiger partial charge in [-0.05, 0) is 19.9 Å². The van der Waals surface area contributed by atoms with E-state index in [4.69, 9.17) is 0 Å². The summed E-state index contributed by atoms with van der Waals surface area (Å²) in [5.41, 5.74) is 0. The minimum atomic E-state index is -1.41. The van der Waals surface area contributed by atoms with Crippen LogP contribution in [0.5, 0.6) is 0 Å². The fourth-order valence-electron chi connectivity index (χ4n) is 0.408. The first kappa shape index (κ1) is 13.9. The van der Waals surface area contributed by atoms with Crippen LogP contribution in [-0.2, 0) is 33.8 Å². The third-order valence-electron chi connectivity index (χ3n) is 0.707. The molecule has 0 amide bonds. The standard InChI is InChI=1S/C7H10O4.Zn/c1-5(2)11-7(10)4-3-6(8)9;/h3-5H,1-2H3,(H,8,9);/p-1/b4-3+;. The minimum Gasteiger partial charge on any atom is -0.545 e. The molecular weight excluding hydrogens is 213 g/mol. The average molecular weight is 223 g/mol. The molecule has 0 bridgehead atoms. The van der Waals surface area contributed by atoms with Crippen molar-refractivity contribution >= 4 is 11.9 Å². The Balaban J connectivity index is 0. The number of hydrogen-bond donors (Lipinski definition) is 0. The number of esters is 1. The first-order valence-corrected chi connectivity index (χ1v) is 3.12. The Labute approximate surface area is 83.4 Å². The topological polar surface area (TPSA) is 66.4 Å². The smallest absolute Gasteiger partial charge is 0.331 e. The molecule has 0 aliphatic heterocycles. The van der Waals surface area contributed by atoms with E-state index in [0.717, 1.165) is 6.08 Å². The van der Waals surface area contributed by atoms with Gasteiger partial charge in [-0.3, -0.25) is 0 Å². The van der Waals surface area contributed by atoms with Crippen LogP contribution >= 0.6 is 0 Å². The summed E-state index contributed by atoms with van der Waals surface area (Å²) in [5, 5.41) is 9.78. The monoisotopic (exact) mass is 221 g/mol. The summed E-state index contributed by atoms with van der Waals surface area (Å²) in [4.78, 5) is 20.3. The summed E-state index contributed by atoms with van der Waals surface area (Å²) in [6.45, 7) is 3.34. The molecule has 0 radical (unpaired) electrons. The molecule has 0 aliphatic rings. The predicted molar refractivity (Wildman–Crippen MR) is 35.4 cm³/mol. The van der Waals surface area contributed by atoms with Crippen LogP contribution in [0.1, 0.15) is 13.8 Å². The van der Waals surface area contributed by atoms with Crippen molar-refractivity contribution in [3.8, 4) is 0 Å². The zero-order valence-corrected chi connectivity index (χ0v) is 10.0. The minimum absolute atomic E-state index is 0. The molecule has 4 nitrogen and oxygen atoms in total. The van der Waals surface area contributed by atoms with Crippen molar-refractivity contribution in [2.24, 2.45) is 0 Å². The molecule has 0 aromatic rings. The normalized spacial score (nSPS) is 9.58. The van der Waals surface area contributed by atoms with Gasteiger partial charge in [0, 0.05) is 25.6 Å². The van der Waals surface area contributed by atoms with Gasteiger partial charge in [0.05, 0.1) is 12.1 Å². The molecule has 0 spiro atoms. The van der Waals surface area contributed by atoms with Gasteiger partial charge in [-0.15, -0.1) is 0 Å². The number of carbonyl (C=O) groups is 2. The summed E-state index contributed by atoms with van der Waals surface area (Å²) in [6.07, 6.45) is 1.20. The van der Waals surface area contributed by atoms with Crippen LogP contribution in [0.4, 0.5) is 0 Å². The molecule has 5 heteroatoms. The van der Waals surface area contributed by atoms with Crippen LogP contribution in [0, 0.1) is 0 Å². The van der Waals surface area contributed by atoms with Crippen molar-refractivity contribution in [2.45, 2.75) is 20.0 Å². The molecule has 0 aromatic heterocycles. The third kappa shape index (κ3) is 9.30. The third-order valence-corrected chi connectivity index (χ3v) is 0.707. The van der Waals surface area contributed by atoms with Gasteiger partial charge in [0.2, 0.25) is 0 Å².